The summed E-state index contributed by atoms with van der Waals surface area (Å²) in [6.45, 7) is 6.05. The Morgan fingerprint density at radius 2 is 1.47 bits per heavy atom. The molecule has 0 aromatic heterocycles. The van der Waals surface area contributed by atoms with Gasteiger partial charge in [-0.05, 0) is 98.1 Å². The lowest BCUT2D eigenvalue weighted by Crippen LogP contribution is -2.45. The maximum absolute atomic E-state index is 12.8. The minimum absolute atomic E-state index is 0.000312. The number of carbonyl (C=O) groups excluding carboxylic acids is 2. The van der Waals surface area contributed by atoms with Crippen molar-refractivity contribution in [2.45, 2.75) is 102 Å². The highest BCUT2D eigenvalue weighted by Gasteiger charge is 2.36. The predicted octanol–water partition coefficient (Wildman–Crippen LogP) is 7.74. The molecule has 3 heterocycles. The van der Waals surface area contributed by atoms with Crippen molar-refractivity contribution in [3.8, 4) is 11.1 Å². The van der Waals surface area contributed by atoms with Crippen LogP contribution in [0.3, 0.4) is 0 Å². The van der Waals surface area contributed by atoms with Crippen molar-refractivity contribution < 1.29 is 24.2 Å². The Morgan fingerprint density at radius 1 is 0.754 bits per heavy atom. The third kappa shape index (κ3) is 11.3. The number of nitrogens with zero attached hydrogens (tertiary/aromatic N) is 2. The van der Waals surface area contributed by atoms with Gasteiger partial charge in [0, 0.05) is 50.5 Å². The van der Waals surface area contributed by atoms with Crippen LogP contribution in [-0.2, 0) is 32.2 Å². The van der Waals surface area contributed by atoms with Crippen LogP contribution >= 0.6 is 0 Å². The third-order valence-electron chi connectivity index (χ3n) is 11.7. The number of anilines is 2. The molecule has 2 amide bonds. The van der Waals surface area contributed by atoms with Gasteiger partial charge in [0.2, 0.25) is 11.8 Å². The molecule has 302 valence electrons. The first-order valence-electron chi connectivity index (χ1n) is 21.0. The minimum atomic E-state index is -0.508. The van der Waals surface area contributed by atoms with Crippen molar-refractivity contribution in [1.82, 2.24) is 15.1 Å². The summed E-state index contributed by atoms with van der Waals surface area (Å²) in [5.74, 6) is -0.0715. The van der Waals surface area contributed by atoms with Crippen LogP contribution in [-0.4, -0.2) is 71.6 Å². The molecule has 57 heavy (non-hydrogen) atoms. The van der Waals surface area contributed by atoms with E-state index in [0.717, 1.165) is 65.9 Å². The van der Waals surface area contributed by atoms with E-state index >= 15 is 0 Å². The van der Waals surface area contributed by atoms with Crippen molar-refractivity contribution in [2.24, 2.45) is 0 Å². The number of nitrogens with two attached hydrogens (primary N) is 1. The lowest BCUT2D eigenvalue weighted by Gasteiger charge is -2.39. The van der Waals surface area contributed by atoms with Crippen molar-refractivity contribution in [2.75, 3.05) is 43.8 Å². The second-order valence-corrected chi connectivity index (χ2v) is 15.9. The van der Waals surface area contributed by atoms with E-state index in [-0.39, 0.29) is 30.6 Å². The summed E-state index contributed by atoms with van der Waals surface area (Å²) in [5.41, 5.74) is 13.2. The molecule has 3 aliphatic rings. The molecule has 4 atom stereocenters. The summed E-state index contributed by atoms with van der Waals surface area (Å²) in [7, 11) is 0. The average molecular weight is 774 g/mol. The number of unbranched alkanes of at least 4 members (excludes halogenated alkanes) is 2. The Balaban J connectivity index is 0.938. The molecular formula is C47H59N5O5. The number of para-hydroxylation sites is 2. The van der Waals surface area contributed by atoms with Gasteiger partial charge in [-0.3, -0.25) is 14.5 Å². The quantitative estimate of drug-likeness (QED) is 0.0634. The molecule has 0 bridgehead atoms. The van der Waals surface area contributed by atoms with E-state index in [1.54, 1.807) is 12.1 Å². The number of likely N-dealkylation sites (tertiary alicyclic amines) is 2. The first kappa shape index (κ1) is 40.6. The first-order chi connectivity index (χ1) is 27.9. The number of amides is 2. The van der Waals surface area contributed by atoms with E-state index < -0.39 is 6.29 Å². The van der Waals surface area contributed by atoms with Crippen molar-refractivity contribution in [1.29, 1.82) is 0 Å². The number of aliphatic hydroxyl groups is 1. The Labute approximate surface area is 337 Å². The first-order valence-corrected chi connectivity index (χ1v) is 21.0. The number of ether oxygens (including phenoxy) is 2. The van der Waals surface area contributed by atoms with Gasteiger partial charge >= 0.3 is 0 Å². The molecule has 4 aromatic carbocycles. The molecule has 0 radical (unpaired) electrons. The van der Waals surface area contributed by atoms with Gasteiger partial charge in [-0.15, -0.1) is 0 Å². The second kappa shape index (κ2) is 20.2. The van der Waals surface area contributed by atoms with Crippen molar-refractivity contribution >= 4 is 23.2 Å². The number of hydrogen-bond acceptors (Lipinski definition) is 8. The number of nitrogens with one attached hydrogen (secondary N) is 2. The van der Waals surface area contributed by atoms with E-state index in [4.69, 9.17) is 15.2 Å². The molecule has 3 fully saturated rings. The van der Waals surface area contributed by atoms with Crippen LogP contribution in [0.2, 0.25) is 0 Å². The van der Waals surface area contributed by atoms with Crippen LogP contribution in [0.4, 0.5) is 11.4 Å². The summed E-state index contributed by atoms with van der Waals surface area (Å²) in [5, 5.41) is 15.6. The van der Waals surface area contributed by atoms with E-state index in [2.05, 4.69) is 69.0 Å². The van der Waals surface area contributed by atoms with E-state index in [0.29, 0.717) is 49.6 Å². The Kier molecular flexibility index (Phi) is 14.4. The highest BCUT2D eigenvalue weighted by Crippen LogP contribution is 2.39. The average Bonchev–Trinajstić information content (AvgIpc) is 3.93. The molecular weight excluding hydrogens is 715 g/mol. The molecule has 0 spiro atoms. The lowest BCUT2D eigenvalue weighted by molar-refractivity contribution is -0.253. The molecule has 10 nitrogen and oxygen atoms in total. The summed E-state index contributed by atoms with van der Waals surface area (Å²) in [6, 6.07) is 32.5. The third-order valence-corrected chi connectivity index (χ3v) is 11.7. The maximum Gasteiger partial charge on any atom is 0.224 e. The molecule has 3 aliphatic heterocycles. The normalized spacial score (nSPS) is 21.4. The van der Waals surface area contributed by atoms with Crippen LogP contribution in [0.5, 0.6) is 0 Å². The topological polar surface area (TPSA) is 129 Å². The summed E-state index contributed by atoms with van der Waals surface area (Å²) >= 11 is 0. The van der Waals surface area contributed by atoms with Gasteiger partial charge in [0.05, 0.1) is 30.2 Å². The van der Waals surface area contributed by atoms with E-state index in [1.165, 1.54) is 38.8 Å². The summed E-state index contributed by atoms with van der Waals surface area (Å²) < 4.78 is 13.5. The number of nitrogen functional groups attached to an aromatic ring is 1. The number of rotatable bonds is 17. The largest absolute Gasteiger partial charge is 0.397 e. The van der Waals surface area contributed by atoms with Gasteiger partial charge in [-0.25, -0.2) is 0 Å². The van der Waals surface area contributed by atoms with Crippen LogP contribution in [0.25, 0.3) is 11.1 Å². The van der Waals surface area contributed by atoms with Gasteiger partial charge in [-0.1, -0.05) is 91.3 Å². The van der Waals surface area contributed by atoms with Crippen molar-refractivity contribution in [3.63, 3.8) is 0 Å². The Hall–Kier alpha value is -4.58. The van der Waals surface area contributed by atoms with E-state index in [9.17, 15) is 14.7 Å². The Bertz CT molecular complexity index is 1900. The molecule has 0 aliphatic carbocycles. The van der Waals surface area contributed by atoms with Crippen LogP contribution in [0.1, 0.15) is 98.9 Å². The molecule has 4 unspecified atom stereocenters. The van der Waals surface area contributed by atoms with E-state index in [1.807, 2.05) is 36.4 Å². The fraction of sp³-hybridized carbons (Fsp3) is 0.447. The standard InChI is InChI=1S/C47H59N5O5/c48-42-14-6-7-15-43(42)50-46(55)17-3-1-2-16-45(54)49-30-38-11-4-5-13-41(38)35-22-24-37(25-23-35)47-56-40(29-44(57-47)36-20-18-34(33-53)19-21-36)32-52-28-10-12-39(52)31-51-26-8-9-27-51/h4-7,11,13-15,18-25,39-40,44,47,53H,1-3,8-10,12,16-17,26-33,48H2,(H,49,54)(H,50,55). The number of carbonyl (C=O) groups is 2. The zero-order valence-corrected chi connectivity index (χ0v) is 33.1. The molecule has 3 saturated heterocycles. The van der Waals surface area contributed by atoms with Crippen molar-refractivity contribution in [3.05, 3.63) is 119 Å². The number of hydrogen-bond donors (Lipinski definition) is 4. The van der Waals surface area contributed by atoms with Gasteiger partial charge in [0.15, 0.2) is 6.29 Å². The van der Waals surface area contributed by atoms with Gasteiger partial charge in [0.1, 0.15) is 0 Å². The molecule has 10 heteroatoms. The fourth-order valence-corrected chi connectivity index (χ4v) is 8.53. The zero-order chi connectivity index (χ0) is 39.4. The van der Waals surface area contributed by atoms with Gasteiger partial charge in [-0.2, -0.15) is 0 Å². The number of aliphatic hydroxyl groups excluding tert-OH is 1. The molecule has 0 saturated carbocycles. The van der Waals surface area contributed by atoms with Crippen LogP contribution in [0.15, 0.2) is 97.1 Å². The fourth-order valence-electron chi connectivity index (χ4n) is 8.53. The predicted molar refractivity (Wildman–Crippen MR) is 225 cm³/mol. The molecule has 4 aromatic rings. The highest BCUT2D eigenvalue weighted by molar-refractivity contribution is 5.93. The minimum Gasteiger partial charge on any atom is -0.397 e. The molecule has 5 N–H and O–H groups in total. The summed E-state index contributed by atoms with van der Waals surface area (Å²) in [6.07, 6.45) is 8.29. The van der Waals surface area contributed by atoms with Gasteiger partial charge in [0.25, 0.3) is 0 Å². The Morgan fingerprint density at radius 3 is 2.25 bits per heavy atom. The van der Waals surface area contributed by atoms with Crippen LogP contribution in [0, 0.1) is 0 Å². The van der Waals surface area contributed by atoms with Gasteiger partial charge < -0.3 is 35.8 Å². The zero-order valence-electron chi connectivity index (χ0n) is 33.1. The lowest BCUT2D eigenvalue weighted by atomic mass is 9.97. The highest BCUT2D eigenvalue weighted by atomic mass is 16.7. The second-order valence-electron chi connectivity index (χ2n) is 15.9. The summed E-state index contributed by atoms with van der Waals surface area (Å²) in [4.78, 5) is 30.4. The SMILES string of the molecule is Nc1ccccc1NC(=O)CCCCCC(=O)NCc1ccccc1-c1ccc(C2OC(CN3CCCC3CN3CCCC3)CC(c3ccc(CO)cc3)O2)cc1. The maximum atomic E-state index is 12.8. The smallest absolute Gasteiger partial charge is 0.224 e. The number of benzene rings is 4. The molecule has 7 rings (SSSR count). The van der Waals surface area contributed by atoms with Crippen LogP contribution < -0.4 is 16.4 Å². The monoisotopic (exact) mass is 773 g/mol.